The van der Waals surface area contributed by atoms with Crippen molar-refractivity contribution in [3.63, 3.8) is 0 Å². The van der Waals surface area contributed by atoms with E-state index < -0.39 is 12.3 Å². The Kier molecular flexibility index (Phi) is 9.55. The zero-order valence-electron chi connectivity index (χ0n) is 17.6. The molecule has 168 valence electrons. The summed E-state index contributed by atoms with van der Waals surface area (Å²) in [6, 6.07) is 7.43. The highest BCUT2D eigenvalue weighted by molar-refractivity contribution is 9.10. The molecule has 1 amide bonds. The van der Waals surface area contributed by atoms with Gasteiger partial charge < -0.3 is 9.42 Å². The average Bonchev–Trinajstić information content (AvgIpc) is 3.33. The number of aryl methyl sites for hydroxylation is 1. The summed E-state index contributed by atoms with van der Waals surface area (Å²) in [7, 11) is 0. The quantitative estimate of drug-likeness (QED) is 0.210. The number of carbonyl (C=O) groups excluding carboxylic acids is 1. The van der Waals surface area contributed by atoms with Crippen molar-refractivity contribution in [1.29, 1.82) is 0 Å². The van der Waals surface area contributed by atoms with Crippen molar-refractivity contribution in [1.82, 2.24) is 10.1 Å². The highest BCUT2D eigenvalue weighted by Crippen LogP contribution is 2.48. The van der Waals surface area contributed by atoms with E-state index in [0.717, 1.165) is 29.4 Å². The second-order valence-electron chi connectivity index (χ2n) is 7.27. The smallest absolute Gasteiger partial charge is 0.264 e. The van der Waals surface area contributed by atoms with Gasteiger partial charge >= 0.3 is 0 Å². The molecule has 1 heterocycles. The molecule has 0 spiro atoms. The molecule has 0 unspecified atom stereocenters. The summed E-state index contributed by atoms with van der Waals surface area (Å²) in [5, 5.41) is 3.84. The van der Waals surface area contributed by atoms with Crippen molar-refractivity contribution < 1.29 is 18.1 Å². The summed E-state index contributed by atoms with van der Waals surface area (Å²) < 4.78 is 32.4. The van der Waals surface area contributed by atoms with Crippen LogP contribution in [0.5, 0.6) is 0 Å². The lowest BCUT2D eigenvalue weighted by Crippen LogP contribution is -2.33. The van der Waals surface area contributed by atoms with Crippen molar-refractivity contribution in [2.45, 2.75) is 50.6 Å². The first-order valence-corrected chi connectivity index (χ1v) is 11.1. The lowest BCUT2D eigenvalue weighted by molar-refractivity contribution is -0.115. The van der Waals surface area contributed by atoms with Crippen LogP contribution >= 0.6 is 15.9 Å². The van der Waals surface area contributed by atoms with E-state index in [0.29, 0.717) is 31.6 Å². The normalized spacial score (nSPS) is 13.8. The van der Waals surface area contributed by atoms with Crippen LogP contribution in [0.4, 0.5) is 14.5 Å². The van der Waals surface area contributed by atoms with Gasteiger partial charge in [0.2, 0.25) is 0 Å². The maximum absolute atomic E-state index is 13.9. The van der Waals surface area contributed by atoms with Gasteiger partial charge in [-0.25, -0.2) is 4.39 Å². The summed E-state index contributed by atoms with van der Waals surface area (Å²) in [6.45, 7) is 9.61. The number of alkyl halides is 2. The van der Waals surface area contributed by atoms with Gasteiger partial charge in [0.25, 0.3) is 11.8 Å². The van der Waals surface area contributed by atoms with Crippen molar-refractivity contribution in [3.05, 3.63) is 65.8 Å². The summed E-state index contributed by atoms with van der Waals surface area (Å²) in [5.74, 6) is 0.340. The maximum Gasteiger partial charge on any atom is 0.264 e. The van der Waals surface area contributed by atoms with Gasteiger partial charge in [-0.05, 0) is 43.9 Å². The van der Waals surface area contributed by atoms with Crippen LogP contribution in [-0.2, 0) is 16.9 Å². The molecule has 5 nitrogen and oxygen atoms in total. The number of unbranched alkanes of at least 4 members (excludes halogenated alkanes) is 2. The highest BCUT2D eigenvalue weighted by Gasteiger charge is 2.50. The molecule has 0 bridgehead atoms. The number of anilines is 1. The molecule has 1 aromatic heterocycles. The Labute approximate surface area is 190 Å². The Hall–Kier alpha value is -2.35. The number of carbonyl (C=O) groups is 1. The van der Waals surface area contributed by atoms with Crippen molar-refractivity contribution >= 4 is 27.5 Å². The van der Waals surface area contributed by atoms with E-state index in [2.05, 4.69) is 45.8 Å². The monoisotopic (exact) mass is 495 g/mol. The molecule has 0 atom stereocenters. The van der Waals surface area contributed by atoms with Gasteiger partial charge in [0.05, 0.1) is 6.67 Å². The third kappa shape index (κ3) is 7.09. The minimum atomic E-state index is -1.40. The second kappa shape index (κ2) is 11.9. The molecule has 2 aromatic rings. The number of aromatic nitrogens is 2. The zero-order chi connectivity index (χ0) is 22.9. The largest absolute Gasteiger partial charge is 0.336 e. The van der Waals surface area contributed by atoms with Gasteiger partial charge in [0, 0.05) is 35.1 Å². The molecule has 1 fully saturated rings. The molecule has 1 aliphatic rings. The van der Waals surface area contributed by atoms with Crippen molar-refractivity contribution in [3.8, 4) is 0 Å². The van der Waals surface area contributed by atoms with E-state index in [-0.39, 0.29) is 23.8 Å². The maximum atomic E-state index is 13.9. The van der Waals surface area contributed by atoms with Crippen LogP contribution in [0.1, 0.15) is 50.2 Å². The first-order valence-electron chi connectivity index (χ1n) is 10.3. The van der Waals surface area contributed by atoms with E-state index in [9.17, 15) is 13.6 Å². The fourth-order valence-electron chi connectivity index (χ4n) is 2.99. The lowest BCUT2D eigenvalue weighted by atomic mass is 10.1. The number of halogens is 3. The second-order valence-corrected chi connectivity index (χ2v) is 8.19. The predicted molar refractivity (Wildman–Crippen MR) is 121 cm³/mol. The van der Waals surface area contributed by atoms with Crippen LogP contribution in [0, 0.1) is 0 Å². The first kappa shape index (κ1) is 24.9. The standard InChI is InChI=1S/C21H24BrF2N3O2.C2H4/c1-15(9-12-23)19(28)27(17-7-5-6-16(22)14-17)13-4-2-3-8-18-25-20(29-26-18)21(24)10-11-21;1-2/h5-7,14H,1-4,8-13H2;1-2H2. The van der Waals surface area contributed by atoms with Gasteiger partial charge in [-0.2, -0.15) is 4.98 Å². The summed E-state index contributed by atoms with van der Waals surface area (Å²) in [4.78, 5) is 18.5. The minimum absolute atomic E-state index is 0.0273. The predicted octanol–water partition coefficient (Wildman–Crippen LogP) is 6.25. The number of hydrogen-bond acceptors (Lipinski definition) is 4. The Morgan fingerprint density at radius 2 is 2.00 bits per heavy atom. The Bertz CT molecular complexity index is 883. The number of benzene rings is 1. The number of hydrogen-bond donors (Lipinski definition) is 0. The molecule has 0 saturated heterocycles. The Morgan fingerprint density at radius 3 is 2.65 bits per heavy atom. The third-order valence-electron chi connectivity index (χ3n) is 4.89. The highest BCUT2D eigenvalue weighted by atomic mass is 79.9. The molecule has 1 aromatic carbocycles. The minimum Gasteiger partial charge on any atom is -0.336 e. The van der Waals surface area contributed by atoms with E-state index in [4.69, 9.17) is 4.52 Å². The lowest BCUT2D eigenvalue weighted by Gasteiger charge is -2.24. The van der Waals surface area contributed by atoms with E-state index in [1.165, 1.54) is 0 Å². The van der Waals surface area contributed by atoms with Crippen molar-refractivity contribution in [2.75, 3.05) is 18.1 Å². The molecule has 3 rings (SSSR count). The van der Waals surface area contributed by atoms with Crippen LogP contribution in [0.2, 0.25) is 0 Å². The summed E-state index contributed by atoms with van der Waals surface area (Å²) in [6.07, 6.45) is 3.89. The topological polar surface area (TPSA) is 59.2 Å². The zero-order valence-corrected chi connectivity index (χ0v) is 19.2. The molecular formula is C23H28BrF2N3O2. The summed E-state index contributed by atoms with van der Waals surface area (Å²) >= 11 is 3.42. The van der Waals surface area contributed by atoms with Crippen LogP contribution in [0.25, 0.3) is 0 Å². The first-order chi connectivity index (χ1) is 14.9. The Morgan fingerprint density at radius 1 is 1.26 bits per heavy atom. The van der Waals surface area contributed by atoms with Crippen LogP contribution in [-0.4, -0.2) is 29.3 Å². The molecule has 0 N–H and O–H groups in total. The number of rotatable bonds is 11. The van der Waals surface area contributed by atoms with Crippen LogP contribution < -0.4 is 4.90 Å². The molecular weight excluding hydrogens is 468 g/mol. The molecule has 1 saturated carbocycles. The molecule has 8 heteroatoms. The third-order valence-corrected chi connectivity index (χ3v) is 5.38. The van der Waals surface area contributed by atoms with Crippen molar-refractivity contribution in [2.24, 2.45) is 0 Å². The number of amides is 1. The molecule has 31 heavy (non-hydrogen) atoms. The fraction of sp³-hybridized carbons (Fsp3) is 0.435. The average molecular weight is 496 g/mol. The number of nitrogens with zero attached hydrogens (tertiary/aromatic N) is 3. The molecule has 1 aliphatic carbocycles. The van der Waals surface area contributed by atoms with Gasteiger partial charge in [-0.3, -0.25) is 9.18 Å². The van der Waals surface area contributed by atoms with Gasteiger partial charge in [0.15, 0.2) is 11.5 Å². The van der Waals surface area contributed by atoms with E-state index >= 15 is 0 Å². The molecule has 0 radical (unpaired) electrons. The molecule has 0 aliphatic heterocycles. The van der Waals surface area contributed by atoms with Crippen LogP contribution in [0.3, 0.4) is 0 Å². The Balaban J connectivity index is 0.00000166. The van der Waals surface area contributed by atoms with Crippen LogP contribution in [0.15, 0.2) is 58.6 Å². The summed E-state index contributed by atoms with van der Waals surface area (Å²) in [5.41, 5.74) is -0.408. The van der Waals surface area contributed by atoms with Gasteiger partial charge in [-0.1, -0.05) is 40.2 Å². The SMILES string of the molecule is C=C.C=C(CCF)C(=O)N(CCCCCc1noc(C2(F)CC2)n1)c1cccc(Br)c1. The fourth-order valence-corrected chi connectivity index (χ4v) is 3.38. The van der Waals surface area contributed by atoms with E-state index in [1.807, 2.05) is 24.3 Å². The van der Waals surface area contributed by atoms with Gasteiger partial charge in [-0.15, -0.1) is 13.2 Å². The van der Waals surface area contributed by atoms with E-state index in [1.54, 1.807) is 4.90 Å². The van der Waals surface area contributed by atoms with Gasteiger partial charge in [0.1, 0.15) is 0 Å².